The number of hydrogen-bond acceptors (Lipinski definition) is 5. The molecule has 0 amide bonds. The summed E-state index contributed by atoms with van der Waals surface area (Å²) in [5.41, 5.74) is 0.273. The molecule has 110 valence electrons. The Bertz CT molecular complexity index is 488. The van der Waals surface area contributed by atoms with E-state index >= 15 is 0 Å². The quantitative estimate of drug-likeness (QED) is 0.813. The Hall–Kier alpha value is -1.59. The molecule has 1 saturated heterocycles. The summed E-state index contributed by atoms with van der Waals surface area (Å²) < 4.78 is 0. The zero-order valence-electron chi connectivity index (χ0n) is 12.0. The topological polar surface area (TPSA) is 64.0 Å². The van der Waals surface area contributed by atoms with Crippen molar-refractivity contribution in [3.63, 3.8) is 0 Å². The number of carbonyl (C=O) groups excluding carboxylic acids is 1. The average molecular weight is 278 g/mol. The van der Waals surface area contributed by atoms with E-state index in [-0.39, 0.29) is 22.8 Å². The number of rotatable bonds is 4. The Kier molecular flexibility index (Phi) is 4.62. The third-order valence-electron chi connectivity index (χ3n) is 3.86. The fraction of sp³-hybridized carbons (Fsp3) is 0.533. The maximum atomic E-state index is 12.2. The number of phenolic OH excluding ortho intramolecular Hbond substituents is 2. The van der Waals surface area contributed by atoms with Crippen LogP contribution in [0, 0.1) is 0 Å². The number of nitrogens with zero attached hydrogens (tertiary/aromatic N) is 2. The van der Waals surface area contributed by atoms with Crippen LogP contribution in [-0.2, 0) is 0 Å². The van der Waals surface area contributed by atoms with Crippen LogP contribution < -0.4 is 0 Å². The largest absolute Gasteiger partial charge is 0.508 e. The zero-order chi connectivity index (χ0) is 14.7. The molecule has 1 atom stereocenters. The van der Waals surface area contributed by atoms with Gasteiger partial charge in [0.15, 0.2) is 5.78 Å². The van der Waals surface area contributed by atoms with Gasteiger partial charge in [0, 0.05) is 18.7 Å². The van der Waals surface area contributed by atoms with E-state index in [1.165, 1.54) is 18.2 Å². The fourth-order valence-electron chi connectivity index (χ4n) is 2.64. The minimum absolute atomic E-state index is 0.0373. The van der Waals surface area contributed by atoms with E-state index in [4.69, 9.17) is 0 Å². The highest BCUT2D eigenvalue weighted by molar-refractivity contribution is 6.00. The molecule has 5 nitrogen and oxygen atoms in total. The van der Waals surface area contributed by atoms with E-state index in [1.54, 1.807) is 0 Å². The van der Waals surface area contributed by atoms with Gasteiger partial charge < -0.3 is 15.1 Å². The summed E-state index contributed by atoms with van der Waals surface area (Å²) >= 11 is 0. The molecule has 1 aromatic rings. The molecule has 20 heavy (non-hydrogen) atoms. The molecular formula is C15H22N2O3. The van der Waals surface area contributed by atoms with Crippen molar-refractivity contribution in [3.8, 4) is 11.5 Å². The molecule has 0 spiro atoms. The summed E-state index contributed by atoms with van der Waals surface area (Å²) in [5, 5.41) is 19.0. The van der Waals surface area contributed by atoms with Crippen LogP contribution in [-0.4, -0.2) is 65.6 Å². The highest BCUT2D eigenvalue weighted by atomic mass is 16.3. The number of ketones is 1. The highest BCUT2D eigenvalue weighted by Crippen LogP contribution is 2.23. The summed E-state index contributed by atoms with van der Waals surface area (Å²) in [7, 11) is 4.11. The van der Waals surface area contributed by atoms with Crippen molar-refractivity contribution in [3.05, 3.63) is 23.8 Å². The number of likely N-dealkylation sites (tertiary alicyclic amines) is 1. The van der Waals surface area contributed by atoms with E-state index in [1.807, 2.05) is 0 Å². The van der Waals surface area contributed by atoms with Crippen LogP contribution in [0.2, 0.25) is 0 Å². The van der Waals surface area contributed by atoms with Crippen molar-refractivity contribution >= 4 is 5.78 Å². The number of hydrogen-bond donors (Lipinski definition) is 2. The molecule has 0 aliphatic carbocycles. The van der Waals surface area contributed by atoms with Gasteiger partial charge in [-0.3, -0.25) is 9.69 Å². The highest BCUT2D eigenvalue weighted by Gasteiger charge is 2.24. The molecule has 1 aliphatic heterocycles. The number of piperidine rings is 1. The molecule has 0 bridgehead atoms. The molecule has 0 saturated carbocycles. The number of benzene rings is 1. The number of Topliss-reactive ketones (excluding diaryl/α,β-unsaturated/α-hetero) is 1. The number of likely N-dealkylation sites (N-methyl/N-ethyl adjacent to an activating group) is 1. The molecule has 2 N–H and O–H groups in total. The first kappa shape index (κ1) is 14.8. The van der Waals surface area contributed by atoms with E-state index in [9.17, 15) is 15.0 Å². The molecule has 1 unspecified atom stereocenters. The summed E-state index contributed by atoms with van der Waals surface area (Å²) in [6.45, 7) is 2.09. The minimum atomic E-state index is -0.156. The summed E-state index contributed by atoms with van der Waals surface area (Å²) in [5.74, 6) is -0.303. The van der Waals surface area contributed by atoms with E-state index in [2.05, 4.69) is 23.9 Å². The van der Waals surface area contributed by atoms with E-state index in [0.29, 0.717) is 12.6 Å². The zero-order valence-corrected chi connectivity index (χ0v) is 12.0. The summed E-state index contributed by atoms with van der Waals surface area (Å²) in [6.07, 6.45) is 2.24. The molecule has 2 rings (SSSR count). The number of carbonyl (C=O) groups is 1. The van der Waals surface area contributed by atoms with Crippen LogP contribution in [0.5, 0.6) is 11.5 Å². The molecule has 1 heterocycles. The van der Waals surface area contributed by atoms with Crippen LogP contribution in [0.3, 0.4) is 0 Å². The number of aromatic hydroxyl groups is 2. The van der Waals surface area contributed by atoms with Gasteiger partial charge in [0.25, 0.3) is 0 Å². The third kappa shape index (κ3) is 3.49. The van der Waals surface area contributed by atoms with Gasteiger partial charge in [-0.2, -0.15) is 0 Å². The molecule has 1 fully saturated rings. The Morgan fingerprint density at radius 3 is 2.80 bits per heavy atom. The van der Waals surface area contributed by atoms with Crippen molar-refractivity contribution in [2.24, 2.45) is 0 Å². The summed E-state index contributed by atoms with van der Waals surface area (Å²) in [6, 6.07) is 4.57. The SMILES string of the molecule is CN(C)C1CCCN(CC(=O)c2ccc(O)cc2O)C1. The van der Waals surface area contributed by atoms with Gasteiger partial charge in [0.1, 0.15) is 11.5 Å². The monoisotopic (exact) mass is 278 g/mol. The second-order valence-corrected chi connectivity index (χ2v) is 5.62. The van der Waals surface area contributed by atoms with Crippen LogP contribution in [0.15, 0.2) is 18.2 Å². The maximum Gasteiger partial charge on any atom is 0.180 e. The second-order valence-electron chi connectivity index (χ2n) is 5.62. The van der Waals surface area contributed by atoms with Crippen molar-refractivity contribution in [2.75, 3.05) is 33.7 Å². The molecule has 0 aromatic heterocycles. The van der Waals surface area contributed by atoms with Crippen molar-refractivity contribution in [1.82, 2.24) is 9.80 Å². The predicted molar refractivity (Wildman–Crippen MR) is 77.3 cm³/mol. The second kappa shape index (κ2) is 6.24. The number of phenols is 2. The first-order valence-corrected chi connectivity index (χ1v) is 6.91. The molecule has 0 radical (unpaired) electrons. The average Bonchev–Trinajstić information content (AvgIpc) is 2.38. The normalized spacial score (nSPS) is 20.2. The lowest BCUT2D eigenvalue weighted by Gasteiger charge is -2.35. The first-order chi connectivity index (χ1) is 9.47. The van der Waals surface area contributed by atoms with E-state index in [0.717, 1.165) is 25.9 Å². The Morgan fingerprint density at radius 2 is 2.15 bits per heavy atom. The maximum absolute atomic E-state index is 12.2. The van der Waals surface area contributed by atoms with Gasteiger partial charge >= 0.3 is 0 Å². The van der Waals surface area contributed by atoms with Crippen molar-refractivity contribution < 1.29 is 15.0 Å². The van der Waals surface area contributed by atoms with Gasteiger partial charge in [-0.25, -0.2) is 0 Å². The van der Waals surface area contributed by atoms with Gasteiger partial charge in [-0.15, -0.1) is 0 Å². The fourth-order valence-corrected chi connectivity index (χ4v) is 2.64. The van der Waals surface area contributed by atoms with Crippen LogP contribution >= 0.6 is 0 Å². The van der Waals surface area contributed by atoms with Gasteiger partial charge in [0.2, 0.25) is 0 Å². The molecule has 1 aromatic carbocycles. The minimum Gasteiger partial charge on any atom is -0.508 e. The Morgan fingerprint density at radius 1 is 1.40 bits per heavy atom. The Balaban J connectivity index is 2.00. The molecular weight excluding hydrogens is 256 g/mol. The van der Waals surface area contributed by atoms with Gasteiger partial charge in [-0.05, 0) is 45.6 Å². The van der Waals surface area contributed by atoms with Crippen LogP contribution in [0.1, 0.15) is 23.2 Å². The Labute approximate surface area is 119 Å². The van der Waals surface area contributed by atoms with Crippen molar-refractivity contribution in [1.29, 1.82) is 0 Å². The third-order valence-corrected chi connectivity index (χ3v) is 3.86. The lowest BCUT2D eigenvalue weighted by Crippen LogP contribution is -2.46. The summed E-state index contributed by atoms with van der Waals surface area (Å²) in [4.78, 5) is 16.5. The predicted octanol–water partition coefficient (Wildman–Crippen LogP) is 1.31. The van der Waals surface area contributed by atoms with Crippen molar-refractivity contribution in [2.45, 2.75) is 18.9 Å². The lowest BCUT2D eigenvalue weighted by atomic mass is 10.0. The first-order valence-electron chi connectivity index (χ1n) is 6.91. The molecule has 5 heteroatoms. The lowest BCUT2D eigenvalue weighted by molar-refractivity contribution is 0.0850. The smallest absolute Gasteiger partial charge is 0.180 e. The van der Waals surface area contributed by atoms with Gasteiger partial charge in [-0.1, -0.05) is 0 Å². The van der Waals surface area contributed by atoms with Crippen LogP contribution in [0.25, 0.3) is 0 Å². The van der Waals surface area contributed by atoms with Crippen LogP contribution in [0.4, 0.5) is 0 Å². The standard InChI is InChI=1S/C15H22N2O3/c1-16(2)11-4-3-7-17(9-11)10-15(20)13-6-5-12(18)8-14(13)19/h5-6,8,11,18-19H,3-4,7,9-10H2,1-2H3. The van der Waals surface area contributed by atoms with E-state index < -0.39 is 0 Å². The van der Waals surface area contributed by atoms with Gasteiger partial charge in [0.05, 0.1) is 12.1 Å². The molecule has 1 aliphatic rings.